The molecule has 32 heavy (non-hydrogen) atoms. The van der Waals surface area contributed by atoms with Gasteiger partial charge in [-0.1, -0.05) is 37.3 Å². The summed E-state index contributed by atoms with van der Waals surface area (Å²) in [7, 11) is 0. The van der Waals surface area contributed by atoms with Crippen LogP contribution in [0.4, 0.5) is 0 Å². The Morgan fingerprint density at radius 2 is 1.78 bits per heavy atom. The Hall–Kier alpha value is -3.77. The fourth-order valence-corrected chi connectivity index (χ4v) is 3.51. The van der Waals surface area contributed by atoms with Gasteiger partial charge in [-0.05, 0) is 48.4 Å². The van der Waals surface area contributed by atoms with Crippen LogP contribution < -0.4 is 10.6 Å². The average molecular weight is 426 g/mol. The van der Waals surface area contributed by atoms with E-state index in [1.54, 1.807) is 12.4 Å². The first-order valence-electron chi connectivity index (χ1n) is 10.9. The summed E-state index contributed by atoms with van der Waals surface area (Å²) < 4.78 is 1.91. The minimum atomic E-state index is -0.0298. The lowest BCUT2D eigenvalue weighted by Crippen LogP contribution is -2.24. The average Bonchev–Trinajstić information content (AvgIpc) is 3.28. The van der Waals surface area contributed by atoms with Crippen molar-refractivity contribution in [1.29, 1.82) is 0 Å². The standard InChI is InChI=1S/C26H27N5O/c1-2-13-29-26(32)22-8-6-7-20(16-22)17-28-18-23-19-31(24-9-4-3-5-10-24)30-25(23)21-11-14-27-15-12-21/h3-12,14-16,19,28H,2,13,17-18H2,1H3,(H,29,32). The Morgan fingerprint density at radius 1 is 0.969 bits per heavy atom. The summed E-state index contributed by atoms with van der Waals surface area (Å²) in [6, 6.07) is 21.8. The fraction of sp³-hybridized carbons (Fsp3) is 0.192. The summed E-state index contributed by atoms with van der Waals surface area (Å²) in [5.41, 5.74) is 5.82. The summed E-state index contributed by atoms with van der Waals surface area (Å²) in [4.78, 5) is 16.4. The molecule has 0 aliphatic carbocycles. The molecule has 4 aromatic rings. The topological polar surface area (TPSA) is 71.8 Å². The third kappa shape index (κ3) is 5.28. The highest BCUT2D eigenvalue weighted by Crippen LogP contribution is 2.23. The zero-order valence-electron chi connectivity index (χ0n) is 18.2. The monoisotopic (exact) mass is 425 g/mol. The van der Waals surface area contributed by atoms with E-state index in [-0.39, 0.29) is 5.91 Å². The van der Waals surface area contributed by atoms with Gasteiger partial charge in [0.1, 0.15) is 0 Å². The molecule has 0 saturated heterocycles. The summed E-state index contributed by atoms with van der Waals surface area (Å²) >= 11 is 0. The van der Waals surface area contributed by atoms with Crippen LogP contribution in [-0.2, 0) is 13.1 Å². The SMILES string of the molecule is CCCNC(=O)c1cccc(CNCc2cn(-c3ccccc3)nc2-c2ccncc2)c1. The largest absolute Gasteiger partial charge is 0.352 e. The minimum absolute atomic E-state index is 0.0298. The number of aromatic nitrogens is 3. The first-order chi connectivity index (χ1) is 15.7. The molecule has 1 amide bonds. The molecule has 0 fully saturated rings. The van der Waals surface area contributed by atoms with Crippen molar-refractivity contribution in [1.82, 2.24) is 25.4 Å². The maximum Gasteiger partial charge on any atom is 0.251 e. The van der Waals surface area contributed by atoms with Crippen LogP contribution in [0.1, 0.15) is 34.8 Å². The molecule has 0 saturated carbocycles. The predicted molar refractivity (Wildman–Crippen MR) is 126 cm³/mol. The van der Waals surface area contributed by atoms with Crippen molar-refractivity contribution in [3.63, 3.8) is 0 Å². The molecule has 0 atom stereocenters. The zero-order chi connectivity index (χ0) is 22.2. The molecule has 6 heteroatoms. The molecule has 2 N–H and O–H groups in total. The second-order valence-electron chi connectivity index (χ2n) is 7.58. The van der Waals surface area contributed by atoms with Crippen LogP contribution in [0.3, 0.4) is 0 Å². The van der Waals surface area contributed by atoms with Crippen molar-refractivity contribution in [2.24, 2.45) is 0 Å². The van der Waals surface area contributed by atoms with Crippen LogP contribution in [0.5, 0.6) is 0 Å². The minimum Gasteiger partial charge on any atom is -0.352 e. The fourth-order valence-electron chi connectivity index (χ4n) is 3.51. The number of rotatable bonds is 9. The molecule has 0 aliphatic heterocycles. The summed E-state index contributed by atoms with van der Waals surface area (Å²) in [5, 5.41) is 11.3. The predicted octanol–water partition coefficient (Wildman–Crippen LogP) is 4.36. The van der Waals surface area contributed by atoms with Crippen LogP contribution >= 0.6 is 0 Å². The van der Waals surface area contributed by atoms with Crippen LogP contribution in [-0.4, -0.2) is 27.2 Å². The van der Waals surface area contributed by atoms with E-state index in [2.05, 4.69) is 21.8 Å². The van der Waals surface area contributed by atoms with Crippen LogP contribution in [0, 0.1) is 0 Å². The van der Waals surface area contributed by atoms with E-state index in [4.69, 9.17) is 5.10 Å². The second-order valence-corrected chi connectivity index (χ2v) is 7.58. The Morgan fingerprint density at radius 3 is 2.56 bits per heavy atom. The van der Waals surface area contributed by atoms with Crippen LogP contribution in [0.25, 0.3) is 16.9 Å². The highest BCUT2D eigenvalue weighted by Gasteiger charge is 2.12. The van der Waals surface area contributed by atoms with Gasteiger partial charge in [0.25, 0.3) is 5.91 Å². The van der Waals surface area contributed by atoms with Gasteiger partial charge in [-0.25, -0.2) is 4.68 Å². The number of para-hydroxylation sites is 1. The number of pyridine rings is 1. The van der Waals surface area contributed by atoms with Gasteiger partial charge in [0.05, 0.1) is 11.4 Å². The van der Waals surface area contributed by atoms with E-state index in [9.17, 15) is 4.79 Å². The number of benzene rings is 2. The van der Waals surface area contributed by atoms with Crippen LogP contribution in [0.2, 0.25) is 0 Å². The molecule has 162 valence electrons. The van der Waals surface area contributed by atoms with E-state index < -0.39 is 0 Å². The van der Waals surface area contributed by atoms with E-state index in [0.717, 1.165) is 34.5 Å². The van der Waals surface area contributed by atoms with Gasteiger partial charge in [-0.3, -0.25) is 9.78 Å². The van der Waals surface area contributed by atoms with Gasteiger partial charge < -0.3 is 10.6 Å². The zero-order valence-corrected chi connectivity index (χ0v) is 18.2. The second kappa shape index (κ2) is 10.5. The number of nitrogens with zero attached hydrogens (tertiary/aromatic N) is 3. The third-order valence-corrected chi connectivity index (χ3v) is 5.13. The molecule has 0 spiro atoms. The lowest BCUT2D eigenvalue weighted by molar-refractivity contribution is 0.0953. The van der Waals surface area contributed by atoms with Gasteiger partial charge in [-0.15, -0.1) is 0 Å². The van der Waals surface area contributed by atoms with E-state index >= 15 is 0 Å². The molecule has 4 rings (SSSR count). The Labute approximate surface area is 188 Å². The Balaban J connectivity index is 1.50. The molecular weight excluding hydrogens is 398 g/mol. The van der Waals surface area contributed by atoms with Crippen molar-refractivity contribution >= 4 is 5.91 Å². The van der Waals surface area contributed by atoms with Gasteiger partial charge in [0.15, 0.2) is 0 Å². The highest BCUT2D eigenvalue weighted by molar-refractivity contribution is 5.94. The molecule has 2 aromatic carbocycles. The van der Waals surface area contributed by atoms with Gasteiger partial charge in [-0.2, -0.15) is 5.10 Å². The first kappa shape index (κ1) is 21.5. The number of carbonyl (C=O) groups is 1. The molecule has 0 radical (unpaired) electrons. The molecular formula is C26H27N5O. The van der Waals surface area contributed by atoms with Crippen molar-refractivity contribution in [2.75, 3.05) is 6.54 Å². The van der Waals surface area contributed by atoms with Gasteiger partial charge >= 0.3 is 0 Å². The van der Waals surface area contributed by atoms with Crippen molar-refractivity contribution in [3.05, 3.63) is 102 Å². The lowest BCUT2D eigenvalue weighted by atomic mass is 10.1. The number of hydrogen-bond acceptors (Lipinski definition) is 4. The van der Waals surface area contributed by atoms with Gasteiger partial charge in [0.2, 0.25) is 0 Å². The van der Waals surface area contributed by atoms with E-state index in [1.807, 2.05) is 78.3 Å². The number of hydrogen-bond donors (Lipinski definition) is 2. The van der Waals surface area contributed by atoms with Crippen LogP contribution in [0.15, 0.2) is 85.3 Å². The highest BCUT2D eigenvalue weighted by atomic mass is 16.1. The summed E-state index contributed by atoms with van der Waals surface area (Å²) in [5.74, 6) is -0.0298. The molecule has 0 unspecified atom stereocenters. The smallest absolute Gasteiger partial charge is 0.251 e. The first-order valence-corrected chi connectivity index (χ1v) is 10.9. The van der Waals surface area contributed by atoms with Crippen molar-refractivity contribution < 1.29 is 4.79 Å². The summed E-state index contributed by atoms with van der Waals surface area (Å²) in [6.07, 6.45) is 6.54. The maximum absolute atomic E-state index is 12.2. The molecule has 0 bridgehead atoms. The number of nitrogens with one attached hydrogen (secondary N) is 2. The normalized spacial score (nSPS) is 10.8. The Bertz CT molecular complexity index is 1160. The van der Waals surface area contributed by atoms with Crippen molar-refractivity contribution in [2.45, 2.75) is 26.4 Å². The Kier molecular flexibility index (Phi) is 7.05. The summed E-state index contributed by atoms with van der Waals surface area (Å²) in [6.45, 7) is 4.03. The number of amides is 1. The van der Waals surface area contributed by atoms with E-state index in [0.29, 0.717) is 25.2 Å². The van der Waals surface area contributed by atoms with Gasteiger partial charge in [0, 0.05) is 54.9 Å². The van der Waals surface area contributed by atoms with E-state index in [1.165, 1.54) is 0 Å². The third-order valence-electron chi connectivity index (χ3n) is 5.13. The van der Waals surface area contributed by atoms with Crippen molar-refractivity contribution in [3.8, 4) is 16.9 Å². The lowest BCUT2D eigenvalue weighted by Gasteiger charge is -2.08. The molecule has 0 aliphatic rings. The quantitative estimate of drug-likeness (QED) is 0.418. The molecule has 2 aromatic heterocycles. The molecule has 2 heterocycles. The number of carbonyl (C=O) groups excluding carboxylic acids is 1. The maximum atomic E-state index is 12.2. The molecule has 6 nitrogen and oxygen atoms in total.